The average Bonchev–Trinajstić information content (AvgIpc) is 3.65. The minimum absolute atomic E-state index is 0.0582. The summed E-state index contributed by atoms with van der Waals surface area (Å²) in [7, 11) is 1.55. The Hall–Kier alpha value is -4.04. The number of hydrogen-bond acceptors (Lipinski definition) is 6. The van der Waals surface area contributed by atoms with Crippen LogP contribution in [0.3, 0.4) is 0 Å². The van der Waals surface area contributed by atoms with Gasteiger partial charge in [0.25, 0.3) is 5.91 Å². The van der Waals surface area contributed by atoms with Gasteiger partial charge >= 0.3 is 5.97 Å². The van der Waals surface area contributed by atoms with Gasteiger partial charge in [-0.1, -0.05) is 54.0 Å². The van der Waals surface area contributed by atoms with E-state index < -0.39 is 18.1 Å². The molecule has 39 heavy (non-hydrogen) atoms. The van der Waals surface area contributed by atoms with Gasteiger partial charge in [-0.3, -0.25) is 4.79 Å². The summed E-state index contributed by atoms with van der Waals surface area (Å²) < 4.78 is 5.48. The molecule has 3 aromatic carbocycles. The number of carbonyl (C=O) groups is 2. The van der Waals surface area contributed by atoms with Gasteiger partial charge in [0, 0.05) is 40.0 Å². The first kappa shape index (κ1) is 26.6. The highest BCUT2D eigenvalue weighted by molar-refractivity contribution is 6.30. The number of anilines is 2. The lowest BCUT2D eigenvalue weighted by Crippen LogP contribution is -2.38. The largest absolute Gasteiger partial charge is 0.497 e. The molecular formula is C30H30ClN3O5. The van der Waals surface area contributed by atoms with Crippen LogP contribution in [0.1, 0.15) is 48.9 Å². The number of nitrogens with one attached hydrogen (secondary N) is 1. The number of methoxy groups -OCH3 is 1. The molecule has 2 unspecified atom stereocenters. The van der Waals surface area contributed by atoms with Crippen LogP contribution in [0.15, 0.2) is 71.9 Å². The third-order valence-corrected chi connectivity index (χ3v) is 7.56. The van der Waals surface area contributed by atoms with E-state index in [1.165, 1.54) is 11.8 Å². The number of carbonyl (C=O) groups excluding carboxylic acids is 1. The Balaban J connectivity index is 1.45. The molecule has 0 radical (unpaired) electrons. The summed E-state index contributed by atoms with van der Waals surface area (Å²) in [5, 5.41) is 17.0. The third-order valence-electron chi connectivity index (χ3n) is 7.31. The maximum absolute atomic E-state index is 14.2. The molecule has 1 aliphatic carbocycles. The molecule has 202 valence electrons. The smallest absolute Gasteiger partial charge is 0.347 e. The van der Waals surface area contributed by atoms with Crippen molar-refractivity contribution in [1.29, 1.82) is 0 Å². The van der Waals surface area contributed by atoms with Crippen LogP contribution in [0.2, 0.25) is 5.02 Å². The third kappa shape index (κ3) is 5.56. The van der Waals surface area contributed by atoms with Gasteiger partial charge in [0.2, 0.25) is 6.10 Å². The van der Waals surface area contributed by atoms with Crippen LogP contribution in [0.5, 0.6) is 5.75 Å². The van der Waals surface area contributed by atoms with Gasteiger partial charge in [-0.2, -0.15) is 0 Å². The van der Waals surface area contributed by atoms with Crippen molar-refractivity contribution in [2.24, 2.45) is 5.16 Å². The molecule has 0 bridgehead atoms. The molecule has 2 aliphatic rings. The minimum atomic E-state index is -1.08. The Morgan fingerprint density at radius 2 is 1.90 bits per heavy atom. The van der Waals surface area contributed by atoms with E-state index in [9.17, 15) is 14.7 Å². The first-order chi connectivity index (χ1) is 18.8. The summed E-state index contributed by atoms with van der Waals surface area (Å²) >= 11 is 6.16. The van der Waals surface area contributed by atoms with E-state index >= 15 is 0 Å². The Kier molecular flexibility index (Phi) is 7.48. The number of carboxylic acid groups (broad SMARTS) is 1. The van der Waals surface area contributed by atoms with E-state index in [0.717, 1.165) is 24.1 Å². The normalized spacial score (nSPS) is 16.5. The number of fused-ring (bicyclic) bond motifs is 2. The number of carboxylic acids is 1. The fourth-order valence-electron chi connectivity index (χ4n) is 5.03. The first-order valence-electron chi connectivity index (χ1n) is 12.9. The number of amides is 1. The lowest BCUT2D eigenvalue weighted by molar-refractivity contribution is -0.150. The molecule has 0 aromatic heterocycles. The van der Waals surface area contributed by atoms with Gasteiger partial charge < -0.3 is 24.9 Å². The number of halogens is 1. The number of ether oxygens (including phenoxy) is 1. The molecule has 1 aliphatic heterocycles. The summed E-state index contributed by atoms with van der Waals surface area (Å²) in [6.07, 6.45) is 2.83. The van der Waals surface area contributed by atoms with Crippen molar-refractivity contribution in [3.63, 3.8) is 0 Å². The van der Waals surface area contributed by atoms with E-state index in [-0.39, 0.29) is 17.7 Å². The van der Waals surface area contributed by atoms with Crippen molar-refractivity contribution in [3.05, 3.63) is 88.4 Å². The second kappa shape index (κ2) is 11.0. The molecule has 1 heterocycles. The molecule has 3 aromatic rings. The fraction of sp³-hybridized carbons (Fsp3) is 0.300. The minimum Gasteiger partial charge on any atom is -0.497 e. The zero-order chi connectivity index (χ0) is 27.6. The Morgan fingerprint density at radius 1 is 1.15 bits per heavy atom. The summed E-state index contributed by atoms with van der Waals surface area (Å²) in [4.78, 5) is 32.4. The number of rotatable bonds is 10. The molecule has 1 spiro atoms. The highest BCUT2D eigenvalue weighted by Crippen LogP contribution is 2.56. The summed E-state index contributed by atoms with van der Waals surface area (Å²) in [5.41, 5.74) is 4.26. The predicted molar refractivity (Wildman–Crippen MR) is 151 cm³/mol. The van der Waals surface area contributed by atoms with Gasteiger partial charge in [-0.05, 0) is 60.7 Å². The van der Waals surface area contributed by atoms with Gasteiger partial charge in [0.1, 0.15) is 11.8 Å². The molecule has 8 nitrogen and oxygen atoms in total. The molecule has 1 fully saturated rings. The van der Waals surface area contributed by atoms with Crippen molar-refractivity contribution in [2.45, 2.75) is 43.7 Å². The summed E-state index contributed by atoms with van der Waals surface area (Å²) in [5.74, 6) is -0.608. The Bertz CT molecular complexity index is 1400. The Labute approximate surface area is 232 Å². The number of benzene rings is 3. The van der Waals surface area contributed by atoms with E-state index in [2.05, 4.69) is 16.5 Å². The predicted octanol–water partition coefficient (Wildman–Crippen LogP) is 5.79. The summed E-state index contributed by atoms with van der Waals surface area (Å²) in [6, 6.07) is 20.0. The molecule has 1 amide bonds. The highest BCUT2D eigenvalue weighted by atomic mass is 35.5. The second-order valence-electron chi connectivity index (χ2n) is 9.92. The van der Waals surface area contributed by atoms with Crippen molar-refractivity contribution >= 4 is 41.1 Å². The number of aliphatic carboxylic acids is 1. The van der Waals surface area contributed by atoms with Crippen molar-refractivity contribution in [2.75, 3.05) is 23.9 Å². The molecule has 2 atom stereocenters. The van der Waals surface area contributed by atoms with Crippen LogP contribution < -0.4 is 15.0 Å². The van der Waals surface area contributed by atoms with Gasteiger partial charge in [-0.25, -0.2) is 4.79 Å². The molecular weight excluding hydrogens is 518 g/mol. The van der Waals surface area contributed by atoms with E-state index in [0.29, 0.717) is 28.6 Å². The van der Waals surface area contributed by atoms with Gasteiger partial charge in [0.05, 0.1) is 13.3 Å². The maximum Gasteiger partial charge on any atom is 0.347 e. The van der Waals surface area contributed by atoms with Gasteiger partial charge in [-0.15, -0.1) is 0 Å². The maximum atomic E-state index is 14.2. The van der Waals surface area contributed by atoms with Crippen LogP contribution in [0.4, 0.5) is 11.4 Å². The van der Waals surface area contributed by atoms with Crippen molar-refractivity contribution in [1.82, 2.24) is 0 Å². The van der Waals surface area contributed by atoms with E-state index in [1.54, 1.807) is 44.4 Å². The highest BCUT2D eigenvalue weighted by Gasteiger charge is 2.53. The van der Waals surface area contributed by atoms with E-state index in [1.807, 2.05) is 35.2 Å². The standard InChI is InChI=1S/C30H30ClN3O5/c1-3-26(29(36)37)39-32-17-19-14-22(16-23(15-19)38-2)33-27(20-8-10-21(31)11-9-20)28(35)34-18-30(12-13-30)24-6-4-5-7-25(24)34/h4-11,14-17,26-27,33H,3,12-13,18H2,1-2H3,(H,36,37). The summed E-state index contributed by atoms with van der Waals surface area (Å²) in [6.45, 7) is 2.37. The Morgan fingerprint density at radius 3 is 2.56 bits per heavy atom. The molecule has 9 heteroatoms. The average molecular weight is 548 g/mol. The van der Waals surface area contributed by atoms with Gasteiger partial charge in [0.15, 0.2) is 0 Å². The SMILES string of the molecule is CCC(ON=Cc1cc(NC(C(=O)N2CC3(CC3)c3ccccc32)c2ccc(Cl)cc2)cc(OC)c1)C(=O)O. The molecule has 1 saturated carbocycles. The lowest BCUT2D eigenvalue weighted by Gasteiger charge is -2.26. The molecule has 2 N–H and O–H groups in total. The topological polar surface area (TPSA) is 100 Å². The van der Waals surface area contributed by atoms with Crippen LogP contribution in [-0.2, 0) is 19.8 Å². The quantitative estimate of drug-likeness (QED) is 0.246. The number of hydrogen-bond donors (Lipinski definition) is 2. The monoisotopic (exact) mass is 547 g/mol. The lowest BCUT2D eigenvalue weighted by atomic mass is 9.99. The van der Waals surface area contributed by atoms with Crippen LogP contribution in [0.25, 0.3) is 0 Å². The number of para-hydroxylation sites is 1. The zero-order valence-corrected chi connectivity index (χ0v) is 22.5. The molecule has 5 rings (SSSR count). The number of nitrogens with zero attached hydrogens (tertiary/aromatic N) is 2. The zero-order valence-electron chi connectivity index (χ0n) is 21.8. The fourth-order valence-corrected chi connectivity index (χ4v) is 5.15. The van der Waals surface area contributed by atoms with Crippen LogP contribution >= 0.6 is 11.6 Å². The van der Waals surface area contributed by atoms with Crippen LogP contribution in [0, 0.1) is 0 Å². The van der Waals surface area contributed by atoms with Crippen molar-refractivity contribution in [3.8, 4) is 5.75 Å². The first-order valence-corrected chi connectivity index (χ1v) is 13.3. The van der Waals surface area contributed by atoms with Crippen LogP contribution in [-0.4, -0.2) is 43.0 Å². The number of oxime groups is 1. The van der Waals surface area contributed by atoms with E-state index in [4.69, 9.17) is 21.2 Å². The molecule has 0 saturated heterocycles. The van der Waals surface area contributed by atoms with Crippen molar-refractivity contribution < 1.29 is 24.3 Å². The second-order valence-corrected chi connectivity index (χ2v) is 10.4.